The molecule has 1 saturated heterocycles. The van der Waals surface area contributed by atoms with E-state index in [2.05, 4.69) is 34.4 Å². The first kappa shape index (κ1) is 28.0. The molecule has 2 aliphatic rings. The Morgan fingerprint density at radius 2 is 1.93 bits per heavy atom. The van der Waals surface area contributed by atoms with Crippen LogP contribution in [0.15, 0.2) is 57.0 Å². The highest BCUT2D eigenvalue weighted by atomic mass is 32.2. The summed E-state index contributed by atoms with van der Waals surface area (Å²) >= 11 is 1.17. The van der Waals surface area contributed by atoms with Gasteiger partial charge in [-0.05, 0) is 86.3 Å². The molecular weight excluding hydrogens is 558 g/mol. The van der Waals surface area contributed by atoms with Crippen LogP contribution >= 0.6 is 11.3 Å². The number of hydrogen-bond donors (Lipinski definition) is 1. The van der Waals surface area contributed by atoms with Crippen molar-refractivity contribution in [2.24, 2.45) is 0 Å². The van der Waals surface area contributed by atoms with Crippen molar-refractivity contribution in [2.45, 2.75) is 48.3 Å². The topological polar surface area (TPSA) is 106 Å². The van der Waals surface area contributed by atoms with E-state index in [0.29, 0.717) is 23.1 Å². The predicted molar refractivity (Wildman–Crippen MR) is 162 cm³/mol. The lowest BCUT2D eigenvalue weighted by atomic mass is 9.91. The number of piperidine rings is 1. The van der Waals surface area contributed by atoms with Gasteiger partial charge >= 0.3 is 0 Å². The lowest BCUT2D eigenvalue weighted by Gasteiger charge is -2.30. The molecule has 0 bridgehead atoms. The highest BCUT2D eigenvalue weighted by Crippen LogP contribution is 2.39. The summed E-state index contributed by atoms with van der Waals surface area (Å²) in [4.78, 5) is 25.4. The minimum Gasteiger partial charge on any atom is -0.384 e. The van der Waals surface area contributed by atoms with E-state index in [0.717, 1.165) is 42.6 Å². The number of rotatable bonds is 10. The molecule has 1 saturated carbocycles. The molecule has 216 valence electrons. The molecule has 3 aromatic heterocycles. The van der Waals surface area contributed by atoms with Crippen LogP contribution < -0.4 is 10.9 Å². The van der Waals surface area contributed by atoms with Crippen molar-refractivity contribution in [1.82, 2.24) is 19.4 Å². The van der Waals surface area contributed by atoms with E-state index in [-0.39, 0.29) is 34.6 Å². The summed E-state index contributed by atoms with van der Waals surface area (Å²) in [6, 6.07) is 12.1. The van der Waals surface area contributed by atoms with E-state index < -0.39 is 9.84 Å². The third-order valence-electron chi connectivity index (χ3n) is 8.01. The van der Waals surface area contributed by atoms with Gasteiger partial charge in [-0.15, -0.1) is 11.3 Å². The Kier molecular flexibility index (Phi) is 7.95. The predicted octanol–water partition coefficient (Wildman–Crippen LogP) is 4.75. The number of likely N-dealkylation sites (N-methyl/N-ethyl adjacent to an activating group) is 1. The van der Waals surface area contributed by atoms with Crippen LogP contribution in [-0.2, 0) is 21.1 Å². The fraction of sp³-hybridized carbons (Fsp3) is 0.433. The number of ether oxygens (including phenoxy) is 1. The Morgan fingerprint density at radius 3 is 2.66 bits per heavy atom. The first-order valence-electron chi connectivity index (χ1n) is 14.1. The number of thiophene rings is 1. The Balaban J connectivity index is 1.32. The van der Waals surface area contributed by atoms with Gasteiger partial charge in [0.1, 0.15) is 9.86 Å². The molecule has 4 aromatic rings. The maximum atomic E-state index is 13.7. The molecule has 1 atom stereocenters. The molecule has 4 heterocycles. The molecule has 9 nitrogen and oxygen atoms in total. The minimum absolute atomic E-state index is 0.110. The molecule has 1 N–H and O–H groups in total. The molecular formula is C30H35N5O4S2. The van der Waals surface area contributed by atoms with Crippen molar-refractivity contribution in [3.8, 4) is 0 Å². The molecule has 0 spiro atoms. The number of anilines is 2. The Bertz CT molecular complexity index is 1710. The van der Waals surface area contributed by atoms with Crippen molar-refractivity contribution >= 4 is 43.8 Å². The van der Waals surface area contributed by atoms with Crippen LogP contribution in [-0.4, -0.2) is 67.5 Å². The summed E-state index contributed by atoms with van der Waals surface area (Å²) in [6.45, 7) is 2.45. The molecule has 41 heavy (non-hydrogen) atoms. The van der Waals surface area contributed by atoms with Crippen molar-refractivity contribution in [1.29, 1.82) is 0 Å². The average Bonchev–Trinajstić information content (AvgIpc) is 3.70. The van der Waals surface area contributed by atoms with Crippen molar-refractivity contribution in [2.75, 3.05) is 44.9 Å². The number of benzene rings is 1. The summed E-state index contributed by atoms with van der Waals surface area (Å²) in [7, 11) is 0.110. The van der Waals surface area contributed by atoms with E-state index in [1.165, 1.54) is 36.9 Å². The van der Waals surface area contributed by atoms with Crippen LogP contribution in [0.25, 0.3) is 11.0 Å². The third kappa shape index (κ3) is 6.08. The van der Waals surface area contributed by atoms with Crippen LogP contribution in [0.3, 0.4) is 0 Å². The van der Waals surface area contributed by atoms with Crippen molar-refractivity contribution in [3.05, 3.63) is 75.0 Å². The van der Waals surface area contributed by atoms with Crippen molar-refractivity contribution < 1.29 is 13.2 Å². The number of pyridine rings is 1. The van der Waals surface area contributed by atoms with Crippen LogP contribution in [0.2, 0.25) is 0 Å². The summed E-state index contributed by atoms with van der Waals surface area (Å²) < 4.78 is 32.9. The Labute approximate surface area is 244 Å². The fourth-order valence-electron chi connectivity index (χ4n) is 5.65. The Hall–Kier alpha value is -3.12. The monoisotopic (exact) mass is 593 g/mol. The van der Waals surface area contributed by atoms with Crippen LogP contribution in [0.4, 0.5) is 11.6 Å². The SMILES string of the molecule is COCCS(=O)(=O)c1sccc1Cn1c(=O)c(C2CC2)cc2cnc(Nc3ccc(C4CCCN(C)C4)cc3)nc21. The standard InChI is InChI=1S/C30H35N5O4S2/c1-34-12-3-4-22(18-34)20-7-9-25(10-8-20)32-30-31-17-24-16-26(21-5-6-21)28(36)35(27(24)33-30)19-23-11-14-40-29(23)41(37,38)15-13-39-2/h7-11,14,16-17,21-22H,3-6,12-13,15,18-19H2,1-2H3,(H,31,32,33). The number of nitrogens with zero attached hydrogens (tertiary/aromatic N) is 4. The molecule has 6 rings (SSSR count). The molecule has 0 amide bonds. The second kappa shape index (κ2) is 11.6. The molecule has 1 aromatic carbocycles. The van der Waals surface area contributed by atoms with Gasteiger partial charge in [0.15, 0.2) is 9.84 Å². The van der Waals surface area contributed by atoms with Crippen LogP contribution in [0.5, 0.6) is 0 Å². The van der Waals surface area contributed by atoms with Gasteiger partial charge in [0.2, 0.25) is 5.95 Å². The quantitative estimate of drug-likeness (QED) is 0.281. The molecule has 1 unspecified atom stereocenters. The van der Waals surface area contributed by atoms with Crippen LogP contribution in [0.1, 0.15) is 54.2 Å². The smallest absolute Gasteiger partial charge is 0.256 e. The highest BCUT2D eigenvalue weighted by Gasteiger charge is 2.29. The van der Waals surface area contributed by atoms with Gasteiger partial charge in [-0.25, -0.2) is 13.4 Å². The molecule has 1 aliphatic heterocycles. The lowest BCUT2D eigenvalue weighted by molar-refractivity contribution is 0.217. The first-order chi connectivity index (χ1) is 19.8. The van der Waals surface area contributed by atoms with E-state index in [1.54, 1.807) is 22.2 Å². The number of fused-ring (bicyclic) bond motifs is 1. The van der Waals surface area contributed by atoms with Gasteiger partial charge in [0.05, 0.1) is 18.9 Å². The van der Waals surface area contributed by atoms with Gasteiger partial charge < -0.3 is 15.0 Å². The number of sulfone groups is 1. The summed E-state index contributed by atoms with van der Waals surface area (Å²) in [5.41, 5.74) is 3.87. The van der Waals surface area contributed by atoms with Crippen molar-refractivity contribution in [3.63, 3.8) is 0 Å². The Morgan fingerprint density at radius 1 is 1.12 bits per heavy atom. The van der Waals surface area contributed by atoms with Gasteiger partial charge in [-0.2, -0.15) is 4.98 Å². The summed E-state index contributed by atoms with van der Waals surface area (Å²) in [5, 5.41) is 5.80. The fourth-order valence-corrected chi connectivity index (χ4v) is 8.40. The maximum absolute atomic E-state index is 13.7. The van der Waals surface area contributed by atoms with Crippen LogP contribution in [0, 0.1) is 0 Å². The van der Waals surface area contributed by atoms with E-state index in [9.17, 15) is 13.2 Å². The molecule has 11 heteroatoms. The number of aromatic nitrogens is 3. The van der Waals surface area contributed by atoms with Gasteiger partial charge in [-0.1, -0.05) is 12.1 Å². The van der Waals surface area contributed by atoms with E-state index >= 15 is 0 Å². The van der Waals surface area contributed by atoms with E-state index in [4.69, 9.17) is 9.72 Å². The minimum atomic E-state index is -3.54. The number of methoxy groups -OCH3 is 1. The summed E-state index contributed by atoms with van der Waals surface area (Å²) in [6.07, 6.45) is 6.10. The second-order valence-electron chi connectivity index (χ2n) is 11.1. The lowest BCUT2D eigenvalue weighted by Crippen LogP contribution is -2.30. The van der Waals surface area contributed by atoms with Gasteiger partial charge in [0.25, 0.3) is 5.56 Å². The average molecular weight is 594 g/mol. The second-order valence-corrected chi connectivity index (χ2v) is 14.4. The zero-order valence-electron chi connectivity index (χ0n) is 23.4. The van der Waals surface area contributed by atoms with E-state index in [1.807, 2.05) is 18.2 Å². The normalized spacial score (nSPS) is 18.1. The zero-order valence-corrected chi connectivity index (χ0v) is 25.0. The van der Waals surface area contributed by atoms with Gasteiger partial charge in [-0.3, -0.25) is 9.36 Å². The highest BCUT2D eigenvalue weighted by molar-refractivity contribution is 7.93. The maximum Gasteiger partial charge on any atom is 0.256 e. The zero-order chi connectivity index (χ0) is 28.6. The van der Waals surface area contributed by atoms with Gasteiger partial charge in [0, 0.05) is 42.1 Å². The first-order valence-corrected chi connectivity index (χ1v) is 16.6. The molecule has 0 radical (unpaired) electrons. The number of likely N-dealkylation sites (tertiary alicyclic amines) is 1. The molecule has 2 fully saturated rings. The summed E-state index contributed by atoms with van der Waals surface area (Å²) in [5.74, 6) is 1.04. The number of hydrogen-bond acceptors (Lipinski definition) is 9. The largest absolute Gasteiger partial charge is 0.384 e. The molecule has 1 aliphatic carbocycles. The third-order valence-corrected chi connectivity index (χ3v) is 11.3. The number of nitrogens with one attached hydrogen (secondary N) is 1.